The number of esters is 1. The second kappa shape index (κ2) is 27.0. The smallest absolute Gasteiger partial charge is 0.305 e. The Balaban J connectivity index is 0.957. The zero-order valence-corrected chi connectivity index (χ0v) is 42.1. The Hall–Kier alpha value is -2.29. The van der Waals surface area contributed by atoms with Crippen LogP contribution in [0.5, 0.6) is 0 Å². The lowest BCUT2D eigenvalue weighted by molar-refractivity contribution is -0.313. The first-order chi connectivity index (χ1) is 31.3. The summed E-state index contributed by atoms with van der Waals surface area (Å²) in [4.78, 5) is 12.7. The average Bonchev–Trinajstić information content (AvgIpc) is 3.65. The van der Waals surface area contributed by atoms with Crippen LogP contribution in [0.3, 0.4) is 0 Å². The zero-order chi connectivity index (χ0) is 46.8. The maximum atomic E-state index is 12.7. The van der Waals surface area contributed by atoms with Crippen molar-refractivity contribution in [3.05, 3.63) is 72.4 Å². The van der Waals surface area contributed by atoms with E-state index in [4.69, 9.17) is 14.2 Å². The van der Waals surface area contributed by atoms with Crippen molar-refractivity contribution in [2.24, 2.45) is 52.3 Å². The number of fused-ring (bicyclic) bond motifs is 5. The third-order valence-corrected chi connectivity index (χ3v) is 17.2. The third-order valence-electron chi connectivity index (χ3n) is 17.2. The van der Waals surface area contributed by atoms with E-state index in [1.807, 2.05) is 0 Å². The van der Waals surface area contributed by atoms with Gasteiger partial charge in [-0.05, 0) is 149 Å². The predicted molar refractivity (Wildman–Crippen MR) is 267 cm³/mol. The van der Waals surface area contributed by atoms with E-state index in [0.717, 1.165) is 94.8 Å². The van der Waals surface area contributed by atoms with Gasteiger partial charge >= 0.3 is 5.97 Å². The van der Waals surface area contributed by atoms with Crippen LogP contribution in [0, 0.1) is 52.3 Å². The maximum absolute atomic E-state index is 12.7. The predicted octanol–water partition coefficient (Wildman–Crippen LogP) is 13.5. The van der Waals surface area contributed by atoms with Crippen molar-refractivity contribution in [2.45, 2.75) is 227 Å². The van der Waals surface area contributed by atoms with E-state index in [9.17, 15) is 20.1 Å². The van der Waals surface area contributed by atoms with Crippen LogP contribution in [0.15, 0.2) is 72.4 Å². The fourth-order valence-corrected chi connectivity index (χ4v) is 12.6. The Kier molecular flexibility index (Phi) is 22.3. The lowest BCUT2D eigenvalue weighted by atomic mass is 9.47. The normalized spacial score (nSPS) is 35.0. The molecule has 0 aromatic rings. The van der Waals surface area contributed by atoms with E-state index in [-0.39, 0.29) is 24.1 Å². The minimum Gasteiger partial charge on any atom is -0.463 e. The fraction of sp³-hybridized carbons (Fsp3) is 0.776. The second-order valence-corrected chi connectivity index (χ2v) is 21.9. The molecule has 0 amide bonds. The lowest BCUT2D eigenvalue weighted by Gasteiger charge is -2.58. The van der Waals surface area contributed by atoms with E-state index in [2.05, 4.69) is 115 Å². The summed E-state index contributed by atoms with van der Waals surface area (Å²) in [6, 6.07) is 0. The summed E-state index contributed by atoms with van der Waals surface area (Å²) in [7, 11) is 0. The van der Waals surface area contributed by atoms with Gasteiger partial charge in [-0.15, -0.1) is 0 Å². The number of aliphatic hydroxyl groups excluding tert-OH is 3. The second-order valence-electron chi connectivity index (χ2n) is 21.9. The highest BCUT2D eigenvalue weighted by Crippen LogP contribution is 2.67. The molecule has 14 atom stereocenters. The van der Waals surface area contributed by atoms with Crippen LogP contribution in [-0.4, -0.2) is 64.7 Å². The van der Waals surface area contributed by atoms with Crippen LogP contribution < -0.4 is 0 Å². The number of allylic oxidation sites excluding steroid dienone is 11. The standard InChI is InChI=1S/C58H94O7/c1-8-9-10-11-12-13-14-15-16-17-18-19-20-21-22-23-24-25-26-27-28-29-52(59)63-41-51-53(60)54(61)55(62)56(65-51)64-46-36-38-57(6)45(40-46)32-33-47-49-35-34-48(58(49,7)39-37-50(47)57)44(5)31-30-43(4)42(2)3/h9-10,12-13,15-16,18-19,30-32,42-44,46-51,53-56,60-62H,8,11,14,17,20-29,33-41H2,1-7H3/b10-9-,13-12-,16-15-,19-18-,31-30+. The molecule has 3 saturated carbocycles. The molecule has 3 N–H and O–H groups in total. The van der Waals surface area contributed by atoms with Crippen molar-refractivity contribution in [1.29, 1.82) is 0 Å². The van der Waals surface area contributed by atoms with E-state index in [0.29, 0.717) is 35.5 Å². The van der Waals surface area contributed by atoms with Gasteiger partial charge in [0, 0.05) is 6.42 Å². The monoisotopic (exact) mass is 903 g/mol. The van der Waals surface area contributed by atoms with E-state index in [1.165, 1.54) is 63.4 Å². The molecule has 0 aromatic carbocycles. The van der Waals surface area contributed by atoms with Gasteiger partial charge < -0.3 is 29.5 Å². The summed E-state index contributed by atoms with van der Waals surface area (Å²) in [5, 5.41) is 32.6. The molecule has 5 rings (SSSR count). The van der Waals surface area contributed by atoms with Crippen LogP contribution in [-0.2, 0) is 19.0 Å². The van der Waals surface area contributed by atoms with Crippen LogP contribution in [0.25, 0.3) is 0 Å². The highest BCUT2D eigenvalue weighted by atomic mass is 16.7. The summed E-state index contributed by atoms with van der Waals surface area (Å²) >= 11 is 0. The molecule has 7 heteroatoms. The summed E-state index contributed by atoms with van der Waals surface area (Å²) in [6.45, 7) is 16.6. The summed E-state index contributed by atoms with van der Waals surface area (Å²) in [6.07, 6.45) is 42.7. The highest BCUT2D eigenvalue weighted by Gasteiger charge is 2.59. The van der Waals surface area contributed by atoms with Gasteiger partial charge in [-0.2, -0.15) is 0 Å². The Morgan fingerprint density at radius 2 is 1.40 bits per heavy atom. The molecule has 368 valence electrons. The first kappa shape index (κ1) is 53.7. The number of carbonyl (C=O) groups excluding carboxylic acids is 1. The number of hydrogen-bond donors (Lipinski definition) is 3. The average molecular weight is 903 g/mol. The SMILES string of the molecule is CC/C=C\C/C=C\C/C=C\C/C=C\CCCCCCCCCCC(=O)OCC1OC(OC2CCC3(C)C(=CCC4C3CCC3(C)C(C(C)/C=C/C(C)C(C)C)CCC43)C2)C(O)C(O)C1O. The molecule has 65 heavy (non-hydrogen) atoms. The quantitative estimate of drug-likeness (QED) is 0.0451. The largest absolute Gasteiger partial charge is 0.463 e. The Bertz CT molecular complexity index is 1590. The van der Waals surface area contributed by atoms with Crippen molar-refractivity contribution in [2.75, 3.05) is 6.61 Å². The van der Waals surface area contributed by atoms with Crippen molar-refractivity contribution in [3.63, 3.8) is 0 Å². The van der Waals surface area contributed by atoms with Gasteiger partial charge in [-0.1, -0.05) is 159 Å². The summed E-state index contributed by atoms with van der Waals surface area (Å²) in [5.41, 5.74) is 2.04. The Morgan fingerprint density at radius 3 is 2.08 bits per heavy atom. The molecule has 4 aliphatic carbocycles. The first-order valence-corrected chi connectivity index (χ1v) is 26.8. The summed E-state index contributed by atoms with van der Waals surface area (Å²) < 4.78 is 18.1. The number of hydrogen-bond acceptors (Lipinski definition) is 7. The van der Waals surface area contributed by atoms with Crippen LogP contribution in [0.4, 0.5) is 0 Å². The molecule has 5 aliphatic rings. The van der Waals surface area contributed by atoms with Gasteiger partial charge in [0.1, 0.15) is 31.0 Å². The molecule has 0 spiro atoms. The Morgan fingerprint density at radius 1 is 0.754 bits per heavy atom. The number of carbonyl (C=O) groups is 1. The van der Waals surface area contributed by atoms with Gasteiger partial charge in [0.25, 0.3) is 0 Å². The molecular weight excluding hydrogens is 809 g/mol. The summed E-state index contributed by atoms with van der Waals surface area (Å²) in [5.74, 6) is 4.51. The Labute approximate surface area is 396 Å². The molecule has 0 radical (unpaired) electrons. The van der Waals surface area contributed by atoms with Crippen molar-refractivity contribution < 1.29 is 34.3 Å². The molecule has 0 bridgehead atoms. The zero-order valence-electron chi connectivity index (χ0n) is 42.1. The molecule has 1 aliphatic heterocycles. The molecule has 1 heterocycles. The van der Waals surface area contributed by atoms with Crippen LogP contribution in [0.1, 0.15) is 190 Å². The number of aliphatic hydroxyl groups is 3. The highest BCUT2D eigenvalue weighted by molar-refractivity contribution is 5.69. The van der Waals surface area contributed by atoms with Gasteiger partial charge in [0.2, 0.25) is 0 Å². The third kappa shape index (κ3) is 15.1. The molecule has 7 nitrogen and oxygen atoms in total. The lowest BCUT2D eigenvalue weighted by Crippen LogP contribution is -2.60. The fourth-order valence-electron chi connectivity index (χ4n) is 12.6. The van der Waals surface area contributed by atoms with Crippen LogP contribution in [0.2, 0.25) is 0 Å². The van der Waals surface area contributed by atoms with Crippen molar-refractivity contribution >= 4 is 5.97 Å². The van der Waals surface area contributed by atoms with Crippen LogP contribution >= 0.6 is 0 Å². The van der Waals surface area contributed by atoms with Gasteiger partial charge in [-0.25, -0.2) is 0 Å². The van der Waals surface area contributed by atoms with E-state index in [1.54, 1.807) is 0 Å². The molecule has 0 aromatic heterocycles. The molecule has 4 fully saturated rings. The maximum Gasteiger partial charge on any atom is 0.305 e. The number of unbranched alkanes of at least 4 members (excludes halogenated alkanes) is 8. The van der Waals surface area contributed by atoms with Gasteiger partial charge in [0.05, 0.1) is 6.10 Å². The van der Waals surface area contributed by atoms with Gasteiger partial charge in [-0.3, -0.25) is 4.79 Å². The molecule has 1 saturated heterocycles. The first-order valence-electron chi connectivity index (χ1n) is 26.8. The number of rotatable bonds is 26. The van der Waals surface area contributed by atoms with Crippen molar-refractivity contribution in [3.8, 4) is 0 Å². The van der Waals surface area contributed by atoms with E-state index < -0.39 is 30.7 Å². The molecular formula is C58H94O7. The van der Waals surface area contributed by atoms with Gasteiger partial charge in [0.15, 0.2) is 6.29 Å². The van der Waals surface area contributed by atoms with Crippen molar-refractivity contribution in [1.82, 2.24) is 0 Å². The number of ether oxygens (including phenoxy) is 3. The topological polar surface area (TPSA) is 105 Å². The van der Waals surface area contributed by atoms with E-state index >= 15 is 0 Å². The minimum absolute atomic E-state index is 0.151. The molecule has 14 unspecified atom stereocenters. The minimum atomic E-state index is -1.45.